The number of carbonyl (C=O) groups is 1. The zero-order chi connectivity index (χ0) is 20.1. The van der Waals surface area contributed by atoms with E-state index in [1.807, 2.05) is 0 Å². The fraction of sp³-hybridized carbons (Fsp3) is 0.105. The molecule has 144 valence electrons. The Morgan fingerprint density at radius 3 is 2.43 bits per heavy atom. The molecule has 0 radical (unpaired) electrons. The molecule has 1 amide bonds. The lowest BCUT2D eigenvalue weighted by atomic mass is 10.1. The summed E-state index contributed by atoms with van der Waals surface area (Å²) in [7, 11) is 1.51. The van der Waals surface area contributed by atoms with Gasteiger partial charge in [0.25, 0.3) is 5.91 Å². The minimum absolute atomic E-state index is 0.0605. The van der Waals surface area contributed by atoms with Crippen molar-refractivity contribution >= 4 is 23.2 Å². The minimum atomic E-state index is -4.51. The van der Waals surface area contributed by atoms with E-state index >= 15 is 0 Å². The summed E-state index contributed by atoms with van der Waals surface area (Å²) in [5, 5.41) is 5.18. The van der Waals surface area contributed by atoms with E-state index in [0.29, 0.717) is 11.4 Å². The molecule has 0 aliphatic rings. The first-order valence-corrected chi connectivity index (χ1v) is 8.07. The minimum Gasteiger partial charge on any atom is -0.497 e. The number of methoxy groups -OCH3 is 1. The Morgan fingerprint density at radius 2 is 1.75 bits per heavy atom. The topological polar surface area (TPSA) is 76.1 Å². The highest BCUT2D eigenvalue weighted by Crippen LogP contribution is 2.35. The van der Waals surface area contributed by atoms with E-state index in [2.05, 4.69) is 20.6 Å². The fourth-order valence-corrected chi connectivity index (χ4v) is 2.37. The van der Waals surface area contributed by atoms with Gasteiger partial charge in [-0.2, -0.15) is 13.2 Å². The molecule has 3 aromatic rings. The van der Waals surface area contributed by atoms with Crippen LogP contribution in [-0.4, -0.2) is 23.0 Å². The van der Waals surface area contributed by atoms with Gasteiger partial charge in [-0.25, -0.2) is 9.97 Å². The third kappa shape index (κ3) is 4.56. The predicted octanol–water partition coefficient (Wildman–Crippen LogP) is 4.50. The van der Waals surface area contributed by atoms with Crippen LogP contribution in [0.5, 0.6) is 5.75 Å². The van der Waals surface area contributed by atoms with Crippen molar-refractivity contribution in [3.63, 3.8) is 0 Å². The predicted molar refractivity (Wildman–Crippen MR) is 97.7 cm³/mol. The number of alkyl halides is 3. The van der Waals surface area contributed by atoms with Gasteiger partial charge in [0.05, 0.1) is 23.9 Å². The number of nitrogens with zero attached hydrogens (tertiary/aromatic N) is 2. The van der Waals surface area contributed by atoms with Crippen molar-refractivity contribution in [2.45, 2.75) is 6.18 Å². The number of benzene rings is 2. The molecule has 28 heavy (non-hydrogen) atoms. The first-order chi connectivity index (χ1) is 13.4. The van der Waals surface area contributed by atoms with Crippen molar-refractivity contribution in [3.05, 3.63) is 72.1 Å². The second-order valence-electron chi connectivity index (χ2n) is 5.65. The van der Waals surface area contributed by atoms with E-state index < -0.39 is 17.6 Å². The number of rotatable bonds is 5. The molecule has 6 nitrogen and oxygen atoms in total. The van der Waals surface area contributed by atoms with E-state index in [4.69, 9.17) is 4.74 Å². The molecule has 0 spiro atoms. The highest BCUT2D eigenvalue weighted by Gasteiger charge is 2.33. The highest BCUT2D eigenvalue weighted by molar-refractivity contribution is 6.04. The van der Waals surface area contributed by atoms with Crippen LogP contribution in [0.15, 0.2) is 60.9 Å². The van der Waals surface area contributed by atoms with Gasteiger partial charge < -0.3 is 15.4 Å². The van der Waals surface area contributed by atoms with Crippen LogP contribution in [0.4, 0.5) is 30.5 Å². The zero-order valence-corrected chi connectivity index (χ0v) is 14.6. The molecule has 0 saturated heterocycles. The SMILES string of the molecule is COc1cccc(NC(=O)c2cnc(Nc3ccccc3C(F)(F)F)nc2)c1. The third-order valence-corrected chi connectivity index (χ3v) is 3.72. The Morgan fingerprint density at radius 1 is 1.04 bits per heavy atom. The number of halogens is 3. The van der Waals surface area contributed by atoms with Crippen LogP contribution in [0.3, 0.4) is 0 Å². The number of hydrogen-bond donors (Lipinski definition) is 2. The lowest BCUT2D eigenvalue weighted by molar-refractivity contribution is -0.136. The largest absolute Gasteiger partial charge is 0.497 e. The molecule has 0 aliphatic carbocycles. The fourth-order valence-electron chi connectivity index (χ4n) is 2.37. The number of nitrogens with one attached hydrogen (secondary N) is 2. The molecule has 2 aromatic carbocycles. The summed E-state index contributed by atoms with van der Waals surface area (Å²) < 4.78 is 44.2. The third-order valence-electron chi connectivity index (χ3n) is 3.72. The van der Waals surface area contributed by atoms with Crippen LogP contribution in [0, 0.1) is 0 Å². The Balaban J connectivity index is 1.73. The molecule has 0 fully saturated rings. The van der Waals surface area contributed by atoms with Crippen LogP contribution < -0.4 is 15.4 Å². The molecule has 0 bridgehead atoms. The molecule has 0 saturated carbocycles. The summed E-state index contributed by atoms with van der Waals surface area (Å²) in [6.45, 7) is 0. The number of ether oxygens (including phenoxy) is 1. The molecule has 0 aliphatic heterocycles. The Bertz CT molecular complexity index is 975. The lowest BCUT2D eigenvalue weighted by Gasteiger charge is -2.13. The van der Waals surface area contributed by atoms with E-state index in [-0.39, 0.29) is 17.2 Å². The van der Waals surface area contributed by atoms with E-state index in [1.165, 1.54) is 37.7 Å². The van der Waals surface area contributed by atoms with Gasteiger partial charge >= 0.3 is 6.18 Å². The van der Waals surface area contributed by atoms with Gasteiger partial charge in [-0.3, -0.25) is 4.79 Å². The Hall–Kier alpha value is -3.62. The lowest BCUT2D eigenvalue weighted by Crippen LogP contribution is -2.13. The number of para-hydroxylation sites is 1. The van der Waals surface area contributed by atoms with Crippen molar-refractivity contribution in [1.82, 2.24) is 9.97 Å². The van der Waals surface area contributed by atoms with Crippen molar-refractivity contribution in [2.75, 3.05) is 17.7 Å². The number of hydrogen-bond acceptors (Lipinski definition) is 5. The number of carbonyl (C=O) groups excluding carboxylic acids is 1. The van der Waals surface area contributed by atoms with Crippen molar-refractivity contribution in [2.24, 2.45) is 0 Å². The normalized spacial score (nSPS) is 11.0. The van der Waals surface area contributed by atoms with Crippen LogP contribution in [-0.2, 0) is 6.18 Å². The van der Waals surface area contributed by atoms with E-state index in [9.17, 15) is 18.0 Å². The smallest absolute Gasteiger partial charge is 0.418 e. The van der Waals surface area contributed by atoms with Crippen molar-refractivity contribution in [1.29, 1.82) is 0 Å². The standard InChI is InChI=1S/C19H15F3N4O2/c1-28-14-6-4-5-13(9-14)25-17(27)12-10-23-18(24-11-12)26-16-8-3-2-7-15(16)19(20,21)22/h2-11H,1H3,(H,25,27)(H,23,24,26). The van der Waals surface area contributed by atoms with Crippen LogP contribution in [0.25, 0.3) is 0 Å². The molecule has 9 heteroatoms. The quantitative estimate of drug-likeness (QED) is 0.673. The van der Waals surface area contributed by atoms with E-state index in [0.717, 1.165) is 6.07 Å². The number of anilines is 3. The van der Waals surface area contributed by atoms with Crippen LogP contribution in [0.2, 0.25) is 0 Å². The first-order valence-electron chi connectivity index (χ1n) is 8.07. The number of aromatic nitrogens is 2. The average molecular weight is 388 g/mol. The summed E-state index contributed by atoms with van der Waals surface area (Å²) >= 11 is 0. The second-order valence-corrected chi connectivity index (χ2v) is 5.65. The Labute approximate surface area is 158 Å². The van der Waals surface area contributed by atoms with Gasteiger partial charge in [0.1, 0.15) is 5.75 Å². The molecule has 2 N–H and O–H groups in total. The summed E-state index contributed by atoms with van der Waals surface area (Å²) in [5.41, 5.74) is -0.342. The summed E-state index contributed by atoms with van der Waals surface area (Å²) in [6, 6.07) is 11.8. The molecular weight excluding hydrogens is 373 g/mol. The van der Waals surface area contributed by atoms with Crippen molar-refractivity contribution in [3.8, 4) is 5.75 Å². The molecular formula is C19H15F3N4O2. The maximum absolute atomic E-state index is 13.0. The summed E-state index contributed by atoms with van der Waals surface area (Å²) in [4.78, 5) is 20.1. The van der Waals surface area contributed by atoms with E-state index in [1.54, 1.807) is 24.3 Å². The highest BCUT2D eigenvalue weighted by atomic mass is 19.4. The van der Waals surface area contributed by atoms with Gasteiger partial charge in [-0.1, -0.05) is 18.2 Å². The van der Waals surface area contributed by atoms with Gasteiger partial charge in [-0.05, 0) is 24.3 Å². The van der Waals surface area contributed by atoms with Gasteiger partial charge in [0, 0.05) is 24.1 Å². The van der Waals surface area contributed by atoms with Crippen LogP contribution >= 0.6 is 0 Å². The zero-order valence-electron chi connectivity index (χ0n) is 14.6. The molecule has 0 unspecified atom stereocenters. The monoisotopic (exact) mass is 388 g/mol. The maximum atomic E-state index is 13.0. The second kappa shape index (κ2) is 7.95. The Kier molecular flexibility index (Phi) is 5.44. The molecule has 0 atom stereocenters. The summed E-state index contributed by atoms with van der Waals surface area (Å²) in [5.74, 6) is 0.0575. The molecule has 3 rings (SSSR count). The van der Waals surface area contributed by atoms with Gasteiger partial charge in [0.2, 0.25) is 5.95 Å². The number of amides is 1. The van der Waals surface area contributed by atoms with Crippen LogP contribution in [0.1, 0.15) is 15.9 Å². The molecule has 1 aromatic heterocycles. The van der Waals surface area contributed by atoms with Gasteiger partial charge in [0.15, 0.2) is 0 Å². The average Bonchev–Trinajstić information content (AvgIpc) is 2.68. The first kappa shape index (κ1) is 19.2. The maximum Gasteiger partial charge on any atom is 0.418 e. The van der Waals surface area contributed by atoms with Gasteiger partial charge in [-0.15, -0.1) is 0 Å². The molecule has 1 heterocycles. The van der Waals surface area contributed by atoms with Crippen molar-refractivity contribution < 1.29 is 22.7 Å². The summed E-state index contributed by atoms with van der Waals surface area (Å²) in [6.07, 6.45) is -2.07.